The van der Waals surface area contributed by atoms with Crippen molar-refractivity contribution >= 4 is 11.9 Å². The van der Waals surface area contributed by atoms with Crippen LogP contribution in [0.4, 0.5) is 0 Å². The number of unbranched alkanes of at least 4 members (excludes halogenated alkanes) is 39. The molecule has 0 aromatic carbocycles. The van der Waals surface area contributed by atoms with E-state index in [2.05, 4.69) is 50.4 Å². The van der Waals surface area contributed by atoms with Gasteiger partial charge < -0.3 is 20.3 Å². The highest BCUT2D eigenvalue weighted by Gasteiger charge is 2.24. The largest absolute Gasteiger partial charge is 0.462 e. The molecule has 0 heterocycles. The van der Waals surface area contributed by atoms with Crippen molar-refractivity contribution in [3.8, 4) is 0 Å². The Hall–Kier alpha value is -1.66. The number of carbonyl (C=O) groups excluding carboxylic acids is 2. The van der Waals surface area contributed by atoms with Crippen molar-refractivity contribution in [2.75, 3.05) is 6.61 Å². The van der Waals surface area contributed by atoms with Gasteiger partial charge in [-0.1, -0.05) is 283 Å². The Bertz CT molecular complexity index is 1060. The normalized spacial score (nSPS) is 13.2. The predicted octanol–water partition coefficient (Wildman–Crippen LogP) is 18.6. The summed E-state index contributed by atoms with van der Waals surface area (Å²) in [5, 5.41) is 23.9. The average molecular weight is 945 g/mol. The fourth-order valence-corrected chi connectivity index (χ4v) is 9.46. The van der Waals surface area contributed by atoms with Gasteiger partial charge >= 0.3 is 5.97 Å². The third-order valence-electron chi connectivity index (χ3n) is 14.0. The van der Waals surface area contributed by atoms with Crippen LogP contribution in [-0.4, -0.2) is 46.9 Å². The number of carbonyl (C=O) groups is 2. The van der Waals surface area contributed by atoms with Crippen LogP contribution in [0.1, 0.15) is 329 Å². The summed E-state index contributed by atoms with van der Waals surface area (Å²) in [7, 11) is 0. The summed E-state index contributed by atoms with van der Waals surface area (Å²) >= 11 is 0. The van der Waals surface area contributed by atoms with E-state index >= 15 is 0 Å². The molecule has 3 atom stereocenters. The van der Waals surface area contributed by atoms with Gasteiger partial charge in [0, 0.05) is 6.42 Å². The summed E-state index contributed by atoms with van der Waals surface area (Å²) < 4.78 is 5.97. The van der Waals surface area contributed by atoms with E-state index in [0.717, 1.165) is 64.2 Å². The zero-order valence-corrected chi connectivity index (χ0v) is 45.3. The first-order valence-electron chi connectivity index (χ1n) is 30.1. The predicted molar refractivity (Wildman–Crippen MR) is 292 cm³/mol. The van der Waals surface area contributed by atoms with Crippen molar-refractivity contribution < 1.29 is 24.5 Å². The molecule has 0 fully saturated rings. The molecule has 0 rings (SSSR count). The number of ether oxygens (including phenoxy) is 1. The fourth-order valence-electron chi connectivity index (χ4n) is 9.46. The molecule has 0 saturated carbocycles. The zero-order valence-electron chi connectivity index (χ0n) is 45.3. The summed E-state index contributed by atoms with van der Waals surface area (Å²) in [5.41, 5.74) is 0. The molecule has 0 aliphatic heterocycles. The van der Waals surface area contributed by atoms with Crippen LogP contribution in [-0.2, 0) is 14.3 Å². The lowest BCUT2D eigenvalue weighted by Gasteiger charge is -2.24. The van der Waals surface area contributed by atoms with Crippen molar-refractivity contribution in [3.63, 3.8) is 0 Å². The molecule has 0 aromatic rings. The number of rotatable bonds is 55. The average Bonchev–Trinajstić information content (AvgIpc) is 3.32. The van der Waals surface area contributed by atoms with Crippen molar-refractivity contribution in [1.82, 2.24) is 5.32 Å². The topological polar surface area (TPSA) is 95.9 Å². The lowest BCUT2D eigenvalue weighted by molar-refractivity contribution is -0.151. The minimum Gasteiger partial charge on any atom is -0.462 e. The Labute approximate surface area is 418 Å². The summed E-state index contributed by atoms with van der Waals surface area (Å²) in [6, 6.07) is -0.703. The van der Waals surface area contributed by atoms with E-state index in [1.54, 1.807) is 0 Å². The van der Waals surface area contributed by atoms with Crippen LogP contribution in [0.15, 0.2) is 24.3 Å². The molecule has 0 aliphatic carbocycles. The Kier molecular flexibility index (Phi) is 53.9. The molecule has 0 radical (unpaired) electrons. The summed E-state index contributed by atoms with van der Waals surface area (Å²) in [6.07, 6.45) is 65.3. The van der Waals surface area contributed by atoms with E-state index < -0.39 is 18.2 Å². The van der Waals surface area contributed by atoms with Crippen LogP contribution in [0.2, 0.25) is 0 Å². The number of allylic oxidation sites excluding steroid dienone is 4. The van der Waals surface area contributed by atoms with E-state index in [9.17, 15) is 19.8 Å². The SMILES string of the molecule is CCCCC/C=C\C/C=C\CCCCCCCC(CC(=O)NC(CO)C(O)CCCCCCCCCCCCCCCCCCC)OC(=O)CCCCCCCCCCCCCCCCCC. The maximum absolute atomic E-state index is 13.3. The quantitative estimate of drug-likeness (QED) is 0.0321. The van der Waals surface area contributed by atoms with Gasteiger partial charge in [0.2, 0.25) is 5.91 Å². The molecule has 0 saturated heterocycles. The summed E-state index contributed by atoms with van der Waals surface area (Å²) in [4.78, 5) is 26.3. The molecule has 6 heteroatoms. The van der Waals surface area contributed by atoms with Crippen LogP contribution in [0.3, 0.4) is 0 Å². The number of esters is 1. The van der Waals surface area contributed by atoms with Gasteiger partial charge in [0.05, 0.1) is 25.2 Å². The monoisotopic (exact) mass is 944 g/mol. The molecule has 6 nitrogen and oxygen atoms in total. The third-order valence-corrected chi connectivity index (χ3v) is 14.0. The molecule has 1 amide bonds. The van der Waals surface area contributed by atoms with E-state index in [1.807, 2.05) is 0 Å². The zero-order chi connectivity index (χ0) is 48.8. The van der Waals surface area contributed by atoms with Gasteiger partial charge in [0.1, 0.15) is 6.10 Å². The maximum Gasteiger partial charge on any atom is 0.306 e. The highest BCUT2D eigenvalue weighted by molar-refractivity contribution is 5.77. The lowest BCUT2D eigenvalue weighted by Crippen LogP contribution is -2.46. The highest BCUT2D eigenvalue weighted by Crippen LogP contribution is 2.19. The van der Waals surface area contributed by atoms with Crippen molar-refractivity contribution in [3.05, 3.63) is 24.3 Å². The van der Waals surface area contributed by atoms with Gasteiger partial charge in [0.25, 0.3) is 0 Å². The van der Waals surface area contributed by atoms with Crippen molar-refractivity contribution in [2.45, 2.75) is 347 Å². The second kappa shape index (κ2) is 55.3. The molecule has 0 spiro atoms. The van der Waals surface area contributed by atoms with Crippen LogP contribution in [0.25, 0.3) is 0 Å². The van der Waals surface area contributed by atoms with Gasteiger partial charge in [-0.2, -0.15) is 0 Å². The number of hydrogen-bond acceptors (Lipinski definition) is 5. The summed E-state index contributed by atoms with van der Waals surface area (Å²) in [5.74, 6) is -0.466. The second-order valence-electron chi connectivity index (χ2n) is 20.8. The molecule has 67 heavy (non-hydrogen) atoms. The van der Waals surface area contributed by atoms with Gasteiger partial charge in [-0.05, 0) is 57.8 Å². The van der Waals surface area contributed by atoms with Gasteiger partial charge in [-0.15, -0.1) is 0 Å². The van der Waals surface area contributed by atoms with Crippen molar-refractivity contribution in [1.29, 1.82) is 0 Å². The minimum absolute atomic E-state index is 0.0743. The molecule has 3 unspecified atom stereocenters. The Balaban J connectivity index is 4.51. The molecule has 0 bridgehead atoms. The van der Waals surface area contributed by atoms with Crippen molar-refractivity contribution in [2.24, 2.45) is 0 Å². The fraction of sp³-hybridized carbons (Fsp3) is 0.902. The number of nitrogens with one attached hydrogen (secondary N) is 1. The third kappa shape index (κ3) is 50.5. The van der Waals surface area contributed by atoms with Crippen LogP contribution < -0.4 is 5.32 Å². The Morgan fingerprint density at radius 3 is 1.16 bits per heavy atom. The first-order valence-corrected chi connectivity index (χ1v) is 30.1. The Morgan fingerprint density at radius 2 is 0.761 bits per heavy atom. The first-order chi connectivity index (χ1) is 33.0. The van der Waals surface area contributed by atoms with Crippen LogP contribution in [0, 0.1) is 0 Å². The first kappa shape index (κ1) is 65.3. The van der Waals surface area contributed by atoms with Gasteiger partial charge in [-0.25, -0.2) is 0 Å². The van der Waals surface area contributed by atoms with Gasteiger partial charge in [0.15, 0.2) is 0 Å². The molecular weight excluding hydrogens is 827 g/mol. The number of amides is 1. The maximum atomic E-state index is 13.3. The van der Waals surface area contributed by atoms with Crippen LogP contribution >= 0.6 is 0 Å². The molecule has 0 aliphatic rings. The second-order valence-corrected chi connectivity index (χ2v) is 20.8. The number of hydrogen-bond donors (Lipinski definition) is 3. The molecular formula is C61H117NO5. The number of aliphatic hydroxyl groups excluding tert-OH is 2. The van der Waals surface area contributed by atoms with E-state index in [0.29, 0.717) is 19.3 Å². The minimum atomic E-state index is -0.789. The molecule has 3 N–H and O–H groups in total. The Morgan fingerprint density at radius 1 is 0.433 bits per heavy atom. The summed E-state index contributed by atoms with van der Waals surface area (Å²) in [6.45, 7) is 6.50. The standard InChI is InChI=1S/C61H117NO5/c1-4-7-10-13-16-19-22-25-28-30-32-35-38-41-44-47-50-53-59(64)58(56-63)62-60(65)55-57(52-49-46-43-40-37-34-31-27-24-21-18-15-12-9-6-3)67-61(66)54-51-48-45-42-39-36-33-29-26-23-20-17-14-11-8-5-2/h18,21,27,31,57-59,63-64H,4-17,19-20,22-26,28-30,32-56H2,1-3H3,(H,62,65)/b21-18-,31-27-. The molecule has 396 valence electrons. The smallest absolute Gasteiger partial charge is 0.306 e. The van der Waals surface area contributed by atoms with E-state index in [4.69, 9.17) is 4.74 Å². The van der Waals surface area contributed by atoms with E-state index in [1.165, 1.54) is 218 Å². The van der Waals surface area contributed by atoms with Crippen LogP contribution in [0.5, 0.6) is 0 Å². The number of aliphatic hydroxyl groups is 2. The highest BCUT2D eigenvalue weighted by atomic mass is 16.5. The van der Waals surface area contributed by atoms with E-state index in [-0.39, 0.29) is 24.9 Å². The molecule has 0 aromatic heterocycles. The lowest BCUT2D eigenvalue weighted by atomic mass is 10.0. The van der Waals surface area contributed by atoms with Gasteiger partial charge in [-0.3, -0.25) is 9.59 Å².